The van der Waals surface area contributed by atoms with Crippen LogP contribution in [0.2, 0.25) is 0 Å². The molecular formula is C15H22BrClN2. The first-order chi connectivity index (χ1) is 8.67. The van der Waals surface area contributed by atoms with Crippen LogP contribution < -0.4 is 5.32 Å². The number of rotatable bonds is 2. The Hall–Kier alpha value is -0.0900. The van der Waals surface area contributed by atoms with Gasteiger partial charge >= 0.3 is 0 Å². The van der Waals surface area contributed by atoms with Crippen molar-refractivity contribution in [2.75, 3.05) is 26.2 Å². The molecule has 2 saturated heterocycles. The van der Waals surface area contributed by atoms with Crippen LogP contribution in [0.1, 0.15) is 24.0 Å². The molecule has 2 fully saturated rings. The minimum Gasteiger partial charge on any atom is -0.316 e. The van der Waals surface area contributed by atoms with E-state index >= 15 is 0 Å². The zero-order valence-corrected chi connectivity index (χ0v) is 13.8. The molecule has 19 heavy (non-hydrogen) atoms. The average molecular weight is 346 g/mol. The summed E-state index contributed by atoms with van der Waals surface area (Å²) in [6.07, 6.45) is 2.73. The van der Waals surface area contributed by atoms with Gasteiger partial charge in [0, 0.05) is 24.1 Å². The van der Waals surface area contributed by atoms with Crippen molar-refractivity contribution in [2.45, 2.75) is 26.3 Å². The molecule has 2 nitrogen and oxygen atoms in total. The topological polar surface area (TPSA) is 15.3 Å². The molecule has 0 bridgehead atoms. The standard InChI is InChI=1S/C15H21BrN2.ClH/c1-12-8-14(16)3-2-13(12)9-18-7-5-15(11-18)4-6-17-10-15;/h2-3,8,17H,4-7,9-11H2,1H3;1H. The fraction of sp³-hybridized carbons (Fsp3) is 0.600. The Labute approximate surface area is 130 Å². The number of hydrogen-bond donors (Lipinski definition) is 1. The van der Waals surface area contributed by atoms with Crippen molar-refractivity contribution in [3.05, 3.63) is 33.8 Å². The predicted octanol–water partition coefficient (Wildman–Crippen LogP) is 3.36. The number of aryl methyl sites for hydroxylation is 1. The Bertz CT molecular complexity index is 444. The number of nitrogens with zero attached hydrogens (tertiary/aromatic N) is 1. The Morgan fingerprint density at radius 2 is 2.21 bits per heavy atom. The van der Waals surface area contributed by atoms with Gasteiger partial charge in [0.15, 0.2) is 0 Å². The highest BCUT2D eigenvalue weighted by atomic mass is 79.9. The molecule has 2 aliphatic rings. The molecule has 0 saturated carbocycles. The lowest BCUT2D eigenvalue weighted by atomic mass is 9.86. The SMILES string of the molecule is Cc1cc(Br)ccc1CN1CCC2(CCNC2)C1.Cl. The summed E-state index contributed by atoms with van der Waals surface area (Å²) in [6, 6.07) is 6.64. The molecule has 0 aromatic heterocycles. The Morgan fingerprint density at radius 3 is 2.89 bits per heavy atom. The normalized spacial score (nSPS) is 26.8. The summed E-state index contributed by atoms with van der Waals surface area (Å²) in [4.78, 5) is 2.63. The van der Waals surface area contributed by atoms with Crippen molar-refractivity contribution < 1.29 is 0 Å². The molecule has 0 amide bonds. The van der Waals surface area contributed by atoms with E-state index in [1.165, 1.54) is 54.6 Å². The van der Waals surface area contributed by atoms with E-state index in [0.717, 1.165) is 6.54 Å². The van der Waals surface area contributed by atoms with Gasteiger partial charge < -0.3 is 5.32 Å². The van der Waals surface area contributed by atoms with Crippen LogP contribution in [0.15, 0.2) is 22.7 Å². The van der Waals surface area contributed by atoms with E-state index in [9.17, 15) is 0 Å². The maximum Gasteiger partial charge on any atom is 0.0236 e. The molecular weight excluding hydrogens is 324 g/mol. The van der Waals surface area contributed by atoms with Gasteiger partial charge in [-0.1, -0.05) is 22.0 Å². The molecule has 1 unspecified atom stereocenters. The van der Waals surface area contributed by atoms with Crippen LogP contribution >= 0.6 is 28.3 Å². The smallest absolute Gasteiger partial charge is 0.0236 e. The van der Waals surface area contributed by atoms with Crippen LogP contribution in [-0.2, 0) is 6.54 Å². The van der Waals surface area contributed by atoms with Crippen LogP contribution in [0.3, 0.4) is 0 Å². The fourth-order valence-corrected chi connectivity index (χ4v) is 3.86. The molecule has 1 aromatic rings. The van der Waals surface area contributed by atoms with Crippen LogP contribution in [0, 0.1) is 12.3 Å². The second-order valence-corrected chi connectivity index (χ2v) is 6.87. The van der Waals surface area contributed by atoms with Gasteiger partial charge in [-0.15, -0.1) is 12.4 Å². The fourth-order valence-electron chi connectivity index (χ4n) is 3.38. The summed E-state index contributed by atoms with van der Waals surface area (Å²) in [6.45, 7) is 8.30. The average Bonchev–Trinajstić information content (AvgIpc) is 2.94. The van der Waals surface area contributed by atoms with Crippen molar-refractivity contribution in [1.82, 2.24) is 10.2 Å². The Morgan fingerprint density at radius 1 is 1.37 bits per heavy atom. The summed E-state index contributed by atoms with van der Waals surface area (Å²) >= 11 is 3.54. The van der Waals surface area contributed by atoms with Gasteiger partial charge in [0.2, 0.25) is 0 Å². The third kappa shape index (κ3) is 3.33. The van der Waals surface area contributed by atoms with Gasteiger partial charge in [0.25, 0.3) is 0 Å². The largest absolute Gasteiger partial charge is 0.316 e. The third-order valence-electron chi connectivity index (χ3n) is 4.55. The van der Waals surface area contributed by atoms with Gasteiger partial charge in [0.05, 0.1) is 0 Å². The monoisotopic (exact) mass is 344 g/mol. The van der Waals surface area contributed by atoms with Crippen LogP contribution in [-0.4, -0.2) is 31.1 Å². The Kier molecular flexibility index (Phi) is 4.93. The first-order valence-electron chi connectivity index (χ1n) is 6.85. The third-order valence-corrected chi connectivity index (χ3v) is 5.04. The summed E-state index contributed by atoms with van der Waals surface area (Å²) in [5.74, 6) is 0. The summed E-state index contributed by atoms with van der Waals surface area (Å²) < 4.78 is 1.18. The molecule has 0 aliphatic carbocycles. The minimum atomic E-state index is 0. The molecule has 2 aliphatic heterocycles. The zero-order chi connectivity index (χ0) is 12.6. The molecule has 1 atom stereocenters. The van der Waals surface area contributed by atoms with E-state index in [-0.39, 0.29) is 12.4 Å². The van der Waals surface area contributed by atoms with E-state index in [0.29, 0.717) is 5.41 Å². The molecule has 3 rings (SSSR count). The van der Waals surface area contributed by atoms with Gasteiger partial charge in [0.1, 0.15) is 0 Å². The summed E-state index contributed by atoms with van der Waals surface area (Å²) in [5, 5.41) is 3.53. The first kappa shape index (κ1) is 15.3. The molecule has 4 heteroatoms. The van der Waals surface area contributed by atoms with Crippen molar-refractivity contribution in [3.63, 3.8) is 0 Å². The van der Waals surface area contributed by atoms with Crippen molar-refractivity contribution in [1.29, 1.82) is 0 Å². The zero-order valence-electron chi connectivity index (χ0n) is 11.4. The molecule has 1 aromatic carbocycles. The van der Waals surface area contributed by atoms with Gasteiger partial charge in [-0.25, -0.2) is 0 Å². The number of nitrogens with one attached hydrogen (secondary N) is 1. The highest BCUT2D eigenvalue weighted by Gasteiger charge is 2.40. The number of hydrogen-bond acceptors (Lipinski definition) is 2. The van der Waals surface area contributed by atoms with Gasteiger partial charge in [-0.05, 0) is 61.5 Å². The molecule has 1 N–H and O–H groups in total. The number of halogens is 2. The Balaban J connectivity index is 0.00000133. The molecule has 2 heterocycles. The van der Waals surface area contributed by atoms with E-state index < -0.39 is 0 Å². The first-order valence-corrected chi connectivity index (χ1v) is 7.64. The minimum absolute atomic E-state index is 0. The maximum atomic E-state index is 3.54. The second kappa shape index (κ2) is 6.13. The highest BCUT2D eigenvalue weighted by Crippen LogP contribution is 2.36. The maximum absolute atomic E-state index is 3.54. The molecule has 1 spiro atoms. The lowest BCUT2D eigenvalue weighted by Gasteiger charge is -2.23. The van der Waals surface area contributed by atoms with Gasteiger partial charge in [-0.2, -0.15) is 0 Å². The van der Waals surface area contributed by atoms with E-state index in [1.807, 2.05) is 0 Å². The lowest BCUT2D eigenvalue weighted by Crippen LogP contribution is -2.29. The second-order valence-electron chi connectivity index (χ2n) is 5.96. The number of benzene rings is 1. The summed E-state index contributed by atoms with van der Waals surface area (Å²) in [5.41, 5.74) is 3.46. The lowest BCUT2D eigenvalue weighted by molar-refractivity contribution is 0.268. The molecule has 106 valence electrons. The van der Waals surface area contributed by atoms with E-state index in [4.69, 9.17) is 0 Å². The van der Waals surface area contributed by atoms with Crippen molar-refractivity contribution >= 4 is 28.3 Å². The number of likely N-dealkylation sites (tertiary alicyclic amines) is 1. The van der Waals surface area contributed by atoms with E-state index in [2.05, 4.69) is 51.3 Å². The van der Waals surface area contributed by atoms with Gasteiger partial charge in [-0.3, -0.25) is 4.90 Å². The highest BCUT2D eigenvalue weighted by molar-refractivity contribution is 9.10. The van der Waals surface area contributed by atoms with Crippen molar-refractivity contribution in [3.8, 4) is 0 Å². The molecule has 0 radical (unpaired) electrons. The van der Waals surface area contributed by atoms with Crippen LogP contribution in [0.5, 0.6) is 0 Å². The predicted molar refractivity (Wildman–Crippen MR) is 85.9 cm³/mol. The van der Waals surface area contributed by atoms with Crippen LogP contribution in [0.4, 0.5) is 0 Å². The quantitative estimate of drug-likeness (QED) is 0.884. The van der Waals surface area contributed by atoms with Crippen molar-refractivity contribution in [2.24, 2.45) is 5.41 Å². The summed E-state index contributed by atoms with van der Waals surface area (Å²) in [7, 11) is 0. The van der Waals surface area contributed by atoms with Crippen LogP contribution in [0.25, 0.3) is 0 Å². The van der Waals surface area contributed by atoms with E-state index in [1.54, 1.807) is 0 Å².